The average Bonchev–Trinajstić information content (AvgIpc) is 2.79. The number of nitrogens with zero attached hydrogens (tertiary/aromatic N) is 2. The van der Waals surface area contributed by atoms with Gasteiger partial charge in [0, 0.05) is 19.3 Å². The number of nitrogens with one attached hydrogen (secondary N) is 1. The van der Waals surface area contributed by atoms with Crippen molar-refractivity contribution >= 4 is 0 Å². The topological polar surface area (TPSA) is 29.9 Å². The molecule has 0 unspecified atom stereocenters. The van der Waals surface area contributed by atoms with E-state index in [1.54, 1.807) is 0 Å². The highest BCUT2D eigenvalue weighted by Crippen LogP contribution is 2.08. The molecule has 1 heterocycles. The van der Waals surface area contributed by atoms with Gasteiger partial charge in [-0.1, -0.05) is 37.3 Å². The van der Waals surface area contributed by atoms with Gasteiger partial charge in [0.05, 0.1) is 5.69 Å². The maximum absolute atomic E-state index is 4.43. The largest absolute Gasteiger partial charge is 0.331 e. The van der Waals surface area contributed by atoms with E-state index in [1.807, 2.05) is 6.20 Å². The summed E-state index contributed by atoms with van der Waals surface area (Å²) in [6, 6.07) is 10.6. The summed E-state index contributed by atoms with van der Waals surface area (Å²) in [6.45, 7) is 7.23. The molecule has 0 spiro atoms. The summed E-state index contributed by atoms with van der Waals surface area (Å²) in [7, 11) is 0. The summed E-state index contributed by atoms with van der Waals surface area (Å²) in [5.74, 6) is 1.10. The zero-order valence-electron chi connectivity index (χ0n) is 11.9. The van der Waals surface area contributed by atoms with Gasteiger partial charge in [0.25, 0.3) is 0 Å². The molecule has 102 valence electrons. The molecule has 0 fully saturated rings. The van der Waals surface area contributed by atoms with Crippen molar-refractivity contribution in [2.24, 2.45) is 0 Å². The monoisotopic (exact) mass is 257 g/mol. The van der Waals surface area contributed by atoms with Crippen LogP contribution in [-0.2, 0) is 19.5 Å². The lowest BCUT2D eigenvalue weighted by Crippen LogP contribution is -2.18. The first kappa shape index (κ1) is 13.8. The highest BCUT2D eigenvalue weighted by molar-refractivity contribution is 5.15. The first-order valence-electron chi connectivity index (χ1n) is 7.07. The summed E-state index contributed by atoms with van der Waals surface area (Å²) in [6.07, 6.45) is 4.21. The first-order chi connectivity index (χ1) is 9.31. The fourth-order valence-electron chi connectivity index (χ4n) is 2.24. The van der Waals surface area contributed by atoms with Crippen LogP contribution in [0, 0.1) is 6.92 Å². The van der Waals surface area contributed by atoms with Gasteiger partial charge in [-0.05, 0) is 31.9 Å². The summed E-state index contributed by atoms with van der Waals surface area (Å²) < 4.78 is 2.32. The highest BCUT2D eigenvalue weighted by Gasteiger charge is 2.06. The molecule has 0 aliphatic rings. The van der Waals surface area contributed by atoms with E-state index in [2.05, 4.69) is 59.0 Å². The Morgan fingerprint density at radius 3 is 2.74 bits per heavy atom. The zero-order valence-corrected chi connectivity index (χ0v) is 11.9. The number of imidazole rings is 1. The van der Waals surface area contributed by atoms with Crippen LogP contribution < -0.4 is 5.32 Å². The number of aromatic nitrogens is 2. The van der Waals surface area contributed by atoms with Crippen molar-refractivity contribution in [1.82, 2.24) is 14.9 Å². The lowest BCUT2D eigenvalue weighted by Gasteiger charge is -2.11. The predicted molar refractivity (Wildman–Crippen MR) is 79.1 cm³/mol. The van der Waals surface area contributed by atoms with Crippen molar-refractivity contribution in [3.8, 4) is 0 Å². The van der Waals surface area contributed by atoms with E-state index in [9.17, 15) is 0 Å². The molecule has 0 aliphatic heterocycles. The molecule has 1 aromatic carbocycles. The van der Waals surface area contributed by atoms with E-state index in [0.29, 0.717) is 0 Å². The van der Waals surface area contributed by atoms with Gasteiger partial charge in [-0.25, -0.2) is 4.98 Å². The van der Waals surface area contributed by atoms with Gasteiger partial charge in [-0.15, -0.1) is 0 Å². The quantitative estimate of drug-likeness (QED) is 0.773. The zero-order chi connectivity index (χ0) is 13.5. The Hall–Kier alpha value is -1.61. The van der Waals surface area contributed by atoms with Crippen molar-refractivity contribution < 1.29 is 0 Å². The van der Waals surface area contributed by atoms with Crippen molar-refractivity contribution in [2.45, 2.75) is 39.8 Å². The van der Waals surface area contributed by atoms with Gasteiger partial charge in [-0.2, -0.15) is 0 Å². The lowest BCUT2D eigenvalue weighted by atomic mass is 10.1. The average molecular weight is 257 g/mol. The molecule has 3 heteroatoms. The molecule has 0 saturated heterocycles. The number of hydrogen-bond donors (Lipinski definition) is 1. The Kier molecular flexibility index (Phi) is 5.16. The first-order valence-corrected chi connectivity index (χ1v) is 7.07. The van der Waals surface area contributed by atoms with E-state index in [0.717, 1.165) is 38.3 Å². The molecular weight excluding hydrogens is 234 g/mol. The SMILES string of the molecule is CCCNCc1cnc(C)n1CCc1ccccc1. The molecule has 3 nitrogen and oxygen atoms in total. The molecule has 0 amide bonds. The van der Waals surface area contributed by atoms with Crippen LogP contribution in [0.15, 0.2) is 36.5 Å². The van der Waals surface area contributed by atoms with Crippen molar-refractivity contribution in [1.29, 1.82) is 0 Å². The molecule has 2 rings (SSSR count). The molecular formula is C16H23N3. The minimum Gasteiger partial charge on any atom is -0.331 e. The highest BCUT2D eigenvalue weighted by atomic mass is 15.1. The van der Waals surface area contributed by atoms with E-state index < -0.39 is 0 Å². The van der Waals surface area contributed by atoms with Gasteiger partial charge in [0.2, 0.25) is 0 Å². The summed E-state index contributed by atoms with van der Waals surface area (Å²) in [5, 5.41) is 3.44. The Bertz CT molecular complexity index is 488. The second-order valence-corrected chi connectivity index (χ2v) is 4.86. The van der Waals surface area contributed by atoms with E-state index >= 15 is 0 Å². The van der Waals surface area contributed by atoms with E-state index in [-0.39, 0.29) is 0 Å². The lowest BCUT2D eigenvalue weighted by molar-refractivity contribution is 0.594. The molecule has 1 N–H and O–H groups in total. The van der Waals surface area contributed by atoms with Gasteiger partial charge in [0.15, 0.2) is 0 Å². The molecule has 0 radical (unpaired) electrons. The van der Waals surface area contributed by atoms with Crippen LogP contribution >= 0.6 is 0 Å². The van der Waals surface area contributed by atoms with Crippen LogP contribution in [0.5, 0.6) is 0 Å². The third-order valence-electron chi connectivity index (χ3n) is 3.34. The summed E-state index contributed by atoms with van der Waals surface area (Å²) in [5.41, 5.74) is 2.66. The molecule has 2 aromatic rings. The van der Waals surface area contributed by atoms with E-state index in [4.69, 9.17) is 0 Å². The number of hydrogen-bond acceptors (Lipinski definition) is 2. The molecule has 0 saturated carbocycles. The van der Waals surface area contributed by atoms with Crippen molar-refractivity contribution in [3.63, 3.8) is 0 Å². The van der Waals surface area contributed by atoms with Crippen LogP contribution in [0.1, 0.15) is 30.4 Å². The second-order valence-electron chi connectivity index (χ2n) is 4.86. The molecule has 0 bridgehead atoms. The van der Waals surface area contributed by atoms with Gasteiger partial charge >= 0.3 is 0 Å². The van der Waals surface area contributed by atoms with Gasteiger partial charge in [-0.3, -0.25) is 0 Å². The molecule has 0 atom stereocenters. The Balaban J connectivity index is 1.97. The number of rotatable bonds is 7. The fourth-order valence-corrected chi connectivity index (χ4v) is 2.24. The smallest absolute Gasteiger partial charge is 0.105 e. The van der Waals surface area contributed by atoms with Gasteiger partial charge < -0.3 is 9.88 Å². The van der Waals surface area contributed by atoms with Crippen molar-refractivity contribution in [2.75, 3.05) is 6.54 Å². The Morgan fingerprint density at radius 2 is 2.00 bits per heavy atom. The van der Waals surface area contributed by atoms with Crippen molar-refractivity contribution in [3.05, 3.63) is 53.6 Å². The van der Waals surface area contributed by atoms with Crippen LogP contribution in [0.2, 0.25) is 0 Å². The minimum atomic E-state index is 0.906. The number of aryl methyl sites for hydroxylation is 2. The third kappa shape index (κ3) is 3.93. The second kappa shape index (κ2) is 7.10. The van der Waals surface area contributed by atoms with Crippen LogP contribution in [0.25, 0.3) is 0 Å². The predicted octanol–water partition coefficient (Wildman–Crippen LogP) is 2.93. The maximum Gasteiger partial charge on any atom is 0.105 e. The van der Waals surface area contributed by atoms with Crippen LogP contribution in [0.3, 0.4) is 0 Å². The summed E-state index contributed by atoms with van der Waals surface area (Å²) in [4.78, 5) is 4.43. The van der Waals surface area contributed by atoms with Crippen LogP contribution in [0.4, 0.5) is 0 Å². The minimum absolute atomic E-state index is 0.906. The van der Waals surface area contributed by atoms with Crippen LogP contribution in [-0.4, -0.2) is 16.1 Å². The normalized spacial score (nSPS) is 10.8. The van der Waals surface area contributed by atoms with Gasteiger partial charge in [0.1, 0.15) is 5.82 Å². The Labute approximate surface area is 115 Å². The summed E-state index contributed by atoms with van der Waals surface area (Å²) >= 11 is 0. The molecule has 19 heavy (non-hydrogen) atoms. The standard InChI is InChI=1S/C16H23N3/c1-3-10-17-12-16-13-18-14(2)19(16)11-9-15-7-5-4-6-8-15/h4-8,13,17H,3,9-12H2,1-2H3. The fraction of sp³-hybridized carbons (Fsp3) is 0.438. The van der Waals surface area contributed by atoms with E-state index in [1.165, 1.54) is 11.3 Å². The molecule has 0 aliphatic carbocycles. The molecule has 1 aromatic heterocycles. The number of benzene rings is 1. The Morgan fingerprint density at radius 1 is 1.21 bits per heavy atom. The maximum atomic E-state index is 4.43. The third-order valence-corrected chi connectivity index (χ3v) is 3.34.